The molecule has 0 aliphatic carbocycles. The minimum atomic E-state index is -3.53. The number of piperazine rings is 1. The Labute approximate surface area is 370 Å². The van der Waals surface area contributed by atoms with Gasteiger partial charge < -0.3 is 25.8 Å². The zero-order valence-corrected chi connectivity index (χ0v) is 36.5. The van der Waals surface area contributed by atoms with Crippen LogP contribution < -0.4 is 30.5 Å². The number of carbonyl (C=O) groups excluding carboxylic acids is 4. The maximum Gasteiger partial charge on any atom is 0.255 e. The number of nitrogens with zero attached hydrogens (tertiary/aromatic N) is 7. The van der Waals surface area contributed by atoms with Crippen molar-refractivity contribution in [3.05, 3.63) is 88.8 Å². The van der Waals surface area contributed by atoms with Gasteiger partial charge >= 0.3 is 0 Å². The van der Waals surface area contributed by atoms with Crippen molar-refractivity contribution in [2.24, 2.45) is 5.92 Å². The largest absolute Gasteiger partial charge is 0.367 e. The molecule has 0 spiro atoms. The van der Waals surface area contributed by atoms with Gasteiger partial charge in [-0.05, 0) is 80.7 Å². The van der Waals surface area contributed by atoms with E-state index in [1.165, 1.54) is 24.2 Å². The molecule has 3 aromatic carbocycles. The molecule has 5 heterocycles. The third-order valence-electron chi connectivity index (χ3n) is 12.1. The van der Waals surface area contributed by atoms with Gasteiger partial charge in [-0.1, -0.05) is 29.8 Å². The number of rotatable bonds is 13. The second kappa shape index (κ2) is 18.4. The lowest BCUT2D eigenvalue weighted by Gasteiger charge is -2.39. The summed E-state index contributed by atoms with van der Waals surface area (Å²) in [5.74, 6) is -0.759. The predicted octanol–water partition coefficient (Wildman–Crippen LogP) is 4.39. The van der Waals surface area contributed by atoms with Crippen LogP contribution >= 0.6 is 11.6 Å². The molecule has 0 bridgehead atoms. The number of para-hydroxylation sites is 2. The third kappa shape index (κ3) is 10.0. The maximum absolute atomic E-state index is 15.6. The van der Waals surface area contributed by atoms with E-state index in [2.05, 4.69) is 41.0 Å². The molecule has 332 valence electrons. The summed E-state index contributed by atoms with van der Waals surface area (Å²) >= 11 is 6.40. The molecule has 4 aliphatic rings. The van der Waals surface area contributed by atoms with Crippen LogP contribution in [0.2, 0.25) is 5.02 Å². The fourth-order valence-corrected chi connectivity index (χ4v) is 9.26. The summed E-state index contributed by atoms with van der Waals surface area (Å²) in [6, 6.07) is 16.2. The molecule has 3 saturated heterocycles. The van der Waals surface area contributed by atoms with Crippen molar-refractivity contribution in [3.8, 4) is 0 Å². The Hall–Kier alpha value is -5.89. The Balaban J connectivity index is 0.783. The van der Waals surface area contributed by atoms with Crippen LogP contribution in [-0.2, 0) is 31.0 Å². The van der Waals surface area contributed by atoms with E-state index in [4.69, 9.17) is 11.6 Å². The number of hydrogen-bond acceptors (Lipinski definition) is 13. The topological polar surface area (TPSA) is 193 Å². The van der Waals surface area contributed by atoms with Crippen molar-refractivity contribution in [1.82, 2.24) is 30.0 Å². The van der Waals surface area contributed by atoms with Crippen LogP contribution in [0.25, 0.3) is 0 Å². The van der Waals surface area contributed by atoms with E-state index in [0.717, 1.165) is 56.1 Å². The number of sulfonamides is 1. The lowest BCUT2D eigenvalue weighted by Crippen LogP contribution is -2.52. The first-order valence-corrected chi connectivity index (χ1v) is 23.1. The number of benzene rings is 3. The van der Waals surface area contributed by atoms with Crippen LogP contribution in [0.4, 0.5) is 44.6 Å². The van der Waals surface area contributed by atoms with Gasteiger partial charge in [0.05, 0.1) is 36.1 Å². The zero-order chi connectivity index (χ0) is 44.4. The quantitative estimate of drug-likeness (QED) is 0.138. The van der Waals surface area contributed by atoms with Gasteiger partial charge in [0.1, 0.15) is 16.9 Å². The van der Waals surface area contributed by atoms with Gasteiger partial charge in [-0.15, -0.1) is 0 Å². The maximum atomic E-state index is 15.6. The molecule has 4 amide bonds. The first-order chi connectivity index (χ1) is 30.2. The van der Waals surface area contributed by atoms with Crippen molar-refractivity contribution < 1.29 is 32.0 Å². The molecule has 8 rings (SSSR count). The first kappa shape index (κ1) is 43.7. The fraction of sp³-hybridized carbons (Fsp3) is 0.395. The number of piperidine rings is 2. The Morgan fingerprint density at radius 3 is 2.41 bits per heavy atom. The molecule has 0 radical (unpaired) electrons. The molecule has 3 fully saturated rings. The number of imide groups is 1. The van der Waals surface area contributed by atoms with Crippen molar-refractivity contribution in [2.45, 2.75) is 38.3 Å². The van der Waals surface area contributed by atoms with E-state index in [1.54, 1.807) is 54.6 Å². The standard InChI is InChI=1S/C43H49ClFN11O6S/c1-52(63(2,61)62)36-9-4-3-7-34(36)49-40-31(44)23-46-43(51-40)47-28-10-11-35(32(45)22-28)55-20-18-54(19-21-55)24-27-14-16-53(17-15-27)26-39(58)48-33-8-5-6-29-30(33)25-56(42(29)60)37-12-13-38(57)50-41(37)59/h3-11,22-23,27,37H,12-21,24-26H2,1-2H3,(H,48,58)(H,50,57,59)(H2,46,47,49,51). The average molecular weight is 902 g/mol. The van der Waals surface area contributed by atoms with Gasteiger partial charge in [0.25, 0.3) is 5.91 Å². The van der Waals surface area contributed by atoms with E-state index < -0.39 is 22.0 Å². The normalized spacial score (nSPS) is 18.9. The summed E-state index contributed by atoms with van der Waals surface area (Å²) in [4.78, 5) is 67.3. The van der Waals surface area contributed by atoms with Crippen molar-refractivity contribution in [3.63, 3.8) is 0 Å². The number of aromatic nitrogens is 2. The average Bonchev–Trinajstić information content (AvgIpc) is 3.59. The van der Waals surface area contributed by atoms with E-state index in [-0.39, 0.29) is 66.3 Å². The molecule has 17 nitrogen and oxygen atoms in total. The lowest BCUT2D eigenvalue weighted by atomic mass is 9.96. The van der Waals surface area contributed by atoms with E-state index in [9.17, 15) is 27.6 Å². The highest BCUT2D eigenvalue weighted by Crippen LogP contribution is 2.34. The predicted molar refractivity (Wildman–Crippen MR) is 239 cm³/mol. The number of anilines is 7. The number of amides is 4. The highest BCUT2D eigenvalue weighted by atomic mass is 35.5. The molecule has 1 atom stereocenters. The summed E-state index contributed by atoms with van der Waals surface area (Å²) in [6.07, 6.45) is 4.87. The summed E-state index contributed by atoms with van der Waals surface area (Å²) in [5.41, 5.74) is 3.51. The minimum Gasteiger partial charge on any atom is -0.367 e. The van der Waals surface area contributed by atoms with E-state index >= 15 is 4.39 Å². The minimum absolute atomic E-state index is 0.165. The highest BCUT2D eigenvalue weighted by Gasteiger charge is 2.40. The van der Waals surface area contributed by atoms with Gasteiger partial charge in [-0.3, -0.25) is 38.6 Å². The van der Waals surface area contributed by atoms with Crippen LogP contribution in [0.1, 0.15) is 41.6 Å². The van der Waals surface area contributed by atoms with E-state index in [0.29, 0.717) is 58.6 Å². The Morgan fingerprint density at radius 2 is 1.68 bits per heavy atom. The van der Waals surface area contributed by atoms with Gasteiger partial charge in [-0.2, -0.15) is 4.98 Å². The van der Waals surface area contributed by atoms with E-state index in [1.807, 2.05) is 4.90 Å². The number of hydrogen-bond donors (Lipinski definition) is 4. The summed E-state index contributed by atoms with van der Waals surface area (Å²) < 4.78 is 41.2. The number of nitrogens with one attached hydrogen (secondary N) is 4. The molecule has 1 unspecified atom stereocenters. The zero-order valence-electron chi connectivity index (χ0n) is 34.9. The summed E-state index contributed by atoms with van der Waals surface area (Å²) in [7, 11) is -2.08. The molecule has 63 heavy (non-hydrogen) atoms. The number of likely N-dealkylation sites (tertiary alicyclic amines) is 1. The van der Waals surface area contributed by atoms with Gasteiger partial charge in [-0.25, -0.2) is 17.8 Å². The van der Waals surface area contributed by atoms with Crippen LogP contribution in [0, 0.1) is 11.7 Å². The van der Waals surface area contributed by atoms with Gasteiger partial charge in [0, 0.05) is 75.2 Å². The molecule has 0 saturated carbocycles. The molecular weight excluding hydrogens is 853 g/mol. The van der Waals surface area contributed by atoms with Crippen molar-refractivity contribution >= 4 is 85.5 Å². The van der Waals surface area contributed by atoms with Crippen LogP contribution in [0.15, 0.2) is 66.9 Å². The molecule has 4 N–H and O–H groups in total. The van der Waals surface area contributed by atoms with Crippen LogP contribution in [0.5, 0.6) is 0 Å². The molecule has 20 heteroatoms. The number of carbonyl (C=O) groups is 4. The van der Waals surface area contributed by atoms with Gasteiger partial charge in [0.2, 0.25) is 33.7 Å². The Morgan fingerprint density at radius 1 is 0.937 bits per heavy atom. The lowest BCUT2D eigenvalue weighted by molar-refractivity contribution is -0.137. The molecular formula is C43H49ClFN11O6S. The highest BCUT2D eigenvalue weighted by molar-refractivity contribution is 7.92. The van der Waals surface area contributed by atoms with Crippen molar-refractivity contribution in [1.29, 1.82) is 0 Å². The summed E-state index contributed by atoms with van der Waals surface area (Å²) in [5, 5.41) is 11.7. The molecule has 1 aromatic heterocycles. The molecule has 4 aromatic rings. The smallest absolute Gasteiger partial charge is 0.255 e. The third-order valence-corrected chi connectivity index (χ3v) is 13.6. The van der Waals surface area contributed by atoms with Crippen LogP contribution in [-0.4, -0.2) is 128 Å². The first-order valence-electron chi connectivity index (χ1n) is 20.9. The Kier molecular flexibility index (Phi) is 12.8. The fourth-order valence-electron chi connectivity index (χ4n) is 8.60. The van der Waals surface area contributed by atoms with Gasteiger partial charge in [0.15, 0.2) is 5.82 Å². The monoisotopic (exact) mass is 901 g/mol. The number of halogens is 2. The van der Waals surface area contributed by atoms with Crippen LogP contribution in [0.3, 0.4) is 0 Å². The molecule has 4 aliphatic heterocycles. The second-order valence-corrected chi connectivity index (χ2v) is 18.8. The SMILES string of the molecule is CN(c1ccccc1Nc1nc(Nc2ccc(N3CCN(CC4CCN(CC(=O)Nc5cccc6c5CN(C5CCC(=O)NC5=O)C6=O)CC4)CC3)c(F)c2)ncc1Cl)S(C)(=O)=O. The van der Waals surface area contributed by atoms with Crippen molar-refractivity contribution in [2.75, 3.05) is 90.8 Å². The number of fused-ring (bicyclic) bond motifs is 1. The Bertz CT molecular complexity index is 2530. The summed E-state index contributed by atoms with van der Waals surface area (Å²) in [6.45, 7) is 5.86. The second-order valence-electron chi connectivity index (χ2n) is 16.3.